The normalized spacial score (nSPS) is 11.7. The molecule has 0 fully saturated rings. The molecular weight excluding hydrogens is 412 g/mol. The second kappa shape index (κ2) is 7.31. The third-order valence-electron chi connectivity index (χ3n) is 4.13. The Morgan fingerprint density at radius 2 is 1.83 bits per heavy atom. The summed E-state index contributed by atoms with van der Waals surface area (Å²) < 4.78 is 78.9. The predicted molar refractivity (Wildman–Crippen MR) is 94.7 cm³/mol. The van der Waals surface area contributed by atoms with Gasteiger partial charge in [-0.2, -0.15) is 10.4 Å². The molecular formula is C18H12F4N4O2S. The van der Waals surface area contributed by atoms with Crippen molar-refractivity contribution in [3.63, 3.8) is 0 Å². The number of rotatable bonds is 4. The quantitative estimate of drug-likeness (QED) is 0.647. The number of benzene rings is 2. The maximum Gasteiger partial charge on any atom is 0.282 e. The number of hydrogen-bond donors (Lipinski definition) is 1. The third-order valence-corrected chi connectivity index (χ3v) is 5.06. The van der Waals surface area contributed by atoms with Gasteiger partial charge in [0.15, 0.2) is 0 Å². The molecule has 0 aliphatic heterocycles. The van der Waals surface area contributed by atoms with Gasteiger partial charge in [-0.15, -0.1) is 0 Å². The van der Waals surface area contributed by atoms with Crippen LogP contribution in [0.1, 0.15) is 23.2 Å². The van der Waals surface area contributed by atoms with E-state index in [4.69, 9.17) is 10.4 Å². The Balaban J connectivity index is 2.27. The first-order chi connectivity index (χ1) is 13.5. The van der Waals surface area contributed by atoms with Crippen molar-refractivity contribution < 1.29 is 26.0 Å². The number of aryl methyl sites for hydroxylation is 1. The molecule has 150 valence electrons. The maximum atomic E-state index is 14.6. The highest BCUT2D eigenvalue weighted by atomic mass is 32.2. The molecule has 6 nitrogen and oxygen atoms in total. The molecule has 0 saturated carbocycles. The number of aromatic nitrogens is 2. The number of halogens is 4. The summed E-state index contributed by atoms with van der Waals surface area (Å²) >= 11 is 0. The van der Waals surface area contributed by atoms with Crippen molar-refractivity contribution in [1.29, 1.82) is 5.26 Å². The summed E-state index contributed by atoms with van der Waals surface area (Å²) in [5.41, 5.74) is -0.346. The monoisotopic (exact) mass is 424 g/mol. The van der Waals surface area contributed by atoms with Crippen LogP contribution in [0.5, 0.6) is 0 Å². The molecule has 0 radical (unpaired) electrons. The molecule has 0 unspecified atom stereocenters. The first kappa shape index (κ1) is 20.5. The number of sulfonamides is 1. The molecule has 0 bridgehead atoms. The average molecular weight is 424 g/mol. The van der Waals surface area contributed by atoms with E-state index in [9.17, 15) is 26.0 Å². The number of alkyl halides is 2. The van der Waals surface area contributed by atoms with E-state index in [2.05, 4.69) is 5.10 Å². The highest BCUT2D eigenvalue weighted by Gasteiger charge is 2.24. The zero-order valence-electron chi connectivity index (χ0n) is 14.7. The van der Waals surface area contributed by atoms with Crippen LogP contribution in [0.4, 0.5) is 17.6 Å². The second-order valence-electron chi connectivity index (χ2n) is 6.09. The maximum absolute atomic E-state index is 14.6. The van der Waals surface area contributed by atoms with Crippen molar-refractivity contribution in [2.75, 3.05) is 0 Å². The molecule has 29 heavy (non-hydrogen) atoms. The van der Waals surface area contributed by atoms with Gasteiger partial charge in [0.05, 0.1) is 23.0 Å². The fourth-order valence-corrected chi connectivity index (χ4v) is 3.34. The highest BCUT2D eigenvalue weighted by molar-refractivity contribution is 7.89. The lowest BCUT2D eigenvalue weighted by atomic mass is 10.1. The molecule has 0 atom stereocenters. The van der Waals surface area contributed by atoms with E-state index in [1.54, 1.807) is 6.92 Å². The van der Waals surface area contributed by atoms with Crippen molar-refractivity contribution >= 4 is 10.0 Å². The third kappa shape index (κ3) is 3.85. The summed E-state index contributed by atoms with van der Waals surface area (Å²) in [5.74, 6) is -2.53. The van der Waals surface area contributed by atoms with Crippen molar-refractivity contribution in [1.82, 2.24) is 9.78 Å². The topological polar surface area (TPSA) is 102 Å². The zero-order chi connectivity index (χ0) is 21.5. The molecule has 2 N–H and O–H groups in total. The lowest BCUT2D eigenvalue weighted by molar-refractivity contribution is 0.145. The Morgan fingerprint density at radius 3 is 2.38 bits per heavy atom. The van der Waals surface area contributed by atoms with Crippen LogP contribution in [0.3, 0.4) is 0 Å². The van der Waals surface area contributed by atoms with Crippen LogP contribution >= 0.6 is 0 Å². The lowest BCUT2D eigenvalue weighted by Gasteiger charge is -2.11. The molecule has 0 saturated heterocycles. The van der Waals surface area contributed by atoms with Gasteiger partial charge in [0.1, 0.15) is 22.2 Å². The van der Waals surface area contributed by atoms with Gasteiger partial charge in [0.2, 0.25) is 10.0 Å². The molecule has 0 aliphatic carbocycles. The van der Waals surface area contributed by atoms with Gasteiger partial charge < -0.3 is 0 Å². The van der Waals surface area contributed by atoms with E-state index in [-0.39, 0.29) is 11.4 Å². The minimum atomic E-state index is -4.53. The molecule has 3 rings (SSSR count). The molecule has 0 spiro atoms. The first-order valence-corrected chi connectivity index (χ1v) is 9.49. The molecule has 0 amide bonds. The van der Waals surface area contributed by atoms with E-state index in [0.29, 0.717) is 23.3 Å². The summed E-state index contributed by atoms with van der Waals surface area (Å²) in [6.07, 6.45) is -2.99. The summed E-state index contributed by atoms with van der Waals surface area (Å²) in [6.45, 7) is 1.61. The van der Waals surface area contributed by atoms with Crippen LogP contribution in [-0.4, -0.2) is 18.2 Å². The lowest BCUT2D eigenvalue weighted by Crippen LogP contribution is -2.15. The minimum Gasteiger partial charge on any atom is -0.233 e. The van der Waals surface area contributed by atoms with Gasteiger partial charge in [-0.3, -0.25) is 0 Å². The molecule has 3 aromatic rings. The number of hydrogen-bond acceptors (Lipinski definition) is 4. The molecule has 11 heteroatoms. The van der Waals surface area contributed by atoms with Crippen LogP contribution in [0.2, 0.25) is 0 Å². The van der Waals surface area contributed by atoms with Crippen LogP contribution in [-0.2, 0) is 10.0 Å². The Hall–Kier alpha value is -3.23. The van der Waals surface area contributed by atoms with Gasteiger partial charge in [-0.1, -0.05) is 0 Å². The van der Waals surface area contributed by atoms with Gasteiger partial charge in [-0.05, 0) is 48.9 Å². The van der Waals surface area contributed by atoms with Crippen molar-refractivity contribution in [3.05, 3.63) is 64.9 Å². The van der Waals surface area contributed by atoms with Crippen LogP contribution in [0, 0.1) is 29.9 Å². The van der Waals surface area contributed by atoms with Crippen molar-refractivity contribution in [2.45, 2.75) is 18.2 Å². The number of nitrogens with zero attached hydrogens (tertiary/aromatic N) is 3. The number of primary sulfonamides is 1. The Labute approximate surface area is 162 Å². The number of nitrogens with two attached hydrogens (primary N) is 1. The van der Waals surface area contributed by atoms with E-state index in [0.717, 1.165) is 10.7 Å². The average Bonchev–Trinajstić information content (AvgIpc) is 3.07. The standard InChI is InChI=1S/C18H12F4N4O2S/c1-9-4-11(3-2-10(9)8-23)26-16(7-15(25-26)18(21)22)12-5-14(20)17(6-13(12)19)29(24,27)28/h2-7,18H,1H3,(H2,24,27,28). The Kier molecular flexibility index (Phi) is 5.16. The van der Waals surface area contributed by atoms with Gasteiger partial charge >= 0.3 is 0 Å². The van der Waals surface area contributed by atoms with Crippen LogP contribution in [0.25, 0.3) is 16.9 Å². The molecule has 1 aromatic heterocycles. The Bertz CT molecular complexity index is 1260. The highest BCUT2D eigenvalue weighted by Crippen LogP contribution is 2.32. The van der Waals surface area contributed by atoms with E-state index in [1.165, 1.54) is 18.2 Å². The summed E-state index contributed by atoms with van der Waals surface area (Å²) in [6, 6.07) is 8.05. The molecule has 0 aliphatic rings. The first-order valence-electron chi connectivity index (χ1n) is 7.94. The van der Waals surface area contributed by atoms with Crippen LogP contribution in [0.15, 0.2) is 41.3 Å². The van der Waals surface area contributed by atoms with E-state index >= 15 is 0 Å². The zero-order valence-corrected chi connectivity index (χ0v) is 15.5. The van der Waals surface area contributed by atoms with Gasteiger partial charge in [0.25, 0.3) is 6.43 Å². The van der Waals surface area contributed by atoms with Crippen LogP contribution < -0.4 is 5.14 Å². The van der Waals surface area contributed by atoms with E-state index in [1.807, 2.05) is 6.07 Å². The predicted octanol–water partition coefficient (Wildman–Crippen LogP) is 3.58. The fraction of sp³-hybridized carbons (Fsp3) is 0.111. The van der Waals surface area contributed by atoms with Crippen molar-refractivity contribution in [3.8, 4) is 23.0 Å². The SMILES string of the molecule is Cc1cc(-n2nc(C(F)F)cc2-c2cc(F)c(S(N)(=O)=O)cc2F)ccc1C#N. The smallest absolute Gasteiger partial charge is 0.233 e. The molecule has 2 aromatic carbocycles. The summed E-state index contributed by atoms with van der Waals surface area (Å²) in [5, 5.41) is 17.6. The minimum absolute atomic E-state index is 0.221. The number of nitriles is 1. The van der Waals surface area contributed by atoms with E-state index < -0.39 is 44.2 Å². The summed E-state index contributed by atoms with van der Waals surface area (Å²) in [4.78, 5) is -1.06. The van der Waals surface area contributed by atoms with Gasteiger partial charge in [-0.25, -0.2) is 35.8 Å². The van der Waals surface area contributed by atoms with Gasteiger partial charge in [0, 0.05) is 5.56 Å². The summed E-state index contributed by atoms with van der Waals surface area (Å²) in [7, 11) is -4.53. The van der Waals surface area contributed by atoms with Crippen molar-refractivity contribution in [2.24, 2.45) is 5.14 Å². The second-order valence-corrected chi connectivity index (χ2v) is 7.62. The fourth-order valence-electron chi connectivity index (χ4n) is 2.74. The molecule has 1 heterocycles. The Morgan fingerprint density at radius 1 is 1.14 bits per heavy atom. The largest absolute Gasteiger partial charge is 0.282 e.